The zero-order valence-corrected chi connectivity index (χ0v) is 23.1. The van der Waals surface area contributed by atoms with Crippen LogP contribution < -0.4 is 21.7 Å². The number of hydrogen-bond acceptors (Lipinski definition) is 7. The second-order valence-corrected chi connectivity index (χ2v) is 10.8. The summed E-state index contributed by atoms with van der Waals surface area (Å²) in [5, 5.41) is 26.9. The normalized spacial score (nSPS) is 13.2. The quantitative estimate of drug-likeness (QED) is 0.168. The van der Waals surface area contributed by atoms with Crippen molar-refractivity contribution >= 4 is 35.5 Å². The number of aliphatic carboxylic acids is 1. The SMILES string of the molecule is CC(C)C[C@H](NC(=O)[C@H](Cc1ccccc1)NC(=O)CSCCNC(=O)[C@@H](N)Cc1ccc(O)cc1)C(=O)O. The lowest BCUT2D eigenvalue weighted by atomic mass is 10.0. The lowest BCUT2D eigenvalue weighted by Gasteiger charge is -2.22. The summed E-state index contributed by atoms with van der Waals surface area (Å²) in [5.41, 5.74) is 7.61. The predicted molar refractivity (Wildman–Crippen MR) is 151 cm³/mol. The molecule has 0 heterocycles. The molecule has 0 bridgehead atoms. The van der Waals surface area contributed by atoms with Crippen LogP contribution >= 0.6 is 11.8 Å². The molecule has 2 rings (SSSR count). The van der Waals surface area contributed by atoms with E-state index in [0.29, 0.717) is 18.7 Å². The molecule has 0 aliphatic heterocycles. The van der Waals surface area contributed by atoms with Crippen LogP contribution in [0, 0.1) is 5.92 Å². The van der Waals surface area contributed by atoms with Crippen LogP contribution in [0.5, 0.6) is 5.75 Å². The standard InChI is InChI=1S/C28H38N4O6S/c1-18(2)14-24(28(37)38)32-27(36)23(16-19-6-4-3-5-7-19)31-25(34)17-39-13-12-30-26(35)22(29)15-20-8-10-21(33)11-9-20/h3-11,18,22-24,33H,12-17,29H2,1-2H3,(H,30,35)(H,31,34)(H,32,36)(H,37,38)/t22-,23-,24-/m0/s1. The van der Waals surface area contributed by atoms with E-state index < -0.39 is 30.0 Å². The fourth-order valence-corrected chi connectivity index (χ4v) is 4.44. The molecule has 10 nitrogen and oxygen atoms in total. The Hall–Kier alpha value is -3.57. The highest BCUT2D eigenvalue weighted by molar-refractivity contribution is 7.99. The number of nitrogens with one attached hydrogen (secondary N) is 3. The lowest BCUT2D eigenvalue weighted by Crippen LogP contribution is -2.53. The van der Waals surface area contributed by atoms with Gasteiger partial charge < -0.3 is 31.9 Å². The van der Waals surface area contributed by atoms with Crippen LogP contribution in [0.1, 0.15) is 31.4 Å². The van der Waals surface area contributed by atoms with Crippen LogP contribution in [0.4, 0.5) is 0 Å². The number of rotatable bonds is 16. The molecule has 0 saturated carbocycles. The topological polar surface area (TPSA) is 171 Å². The van der Waals surface area contributed by atoms with Crippen LogP contribution in [-0.2, 0) is 32.0 Å². The molecular formula is C28H38N4O6S. The molecular weight excluding hydrogens is 520 g/mol. The summed E-state index contributed by atoms with van der Waals surface area (Å²) in [6.07, 6.45) is 0.811. The molecule has 0 radical (unpaired) electrons. The molecule has 0 aliphatic carbocycles. The number of benzene rings is 2. The summed E-state index contributed by atoms with van der Waals surface area (Å²) < 4.78 is 0. The molecule has 7 N–H and O–H groups in total. The number of phenols is 1. The van der Waals surface area contributed by atoms with Crippen molar-refractivity contribution in [2.45, 2.75) is 51.2 Å². The van der Waals surface area contributed by atoms with Crippen molar-refractivity contribution in [3.63, 3.8) is 0 Å². The van der Waals surface area contributed by atoms with Gasteiger partial charge in [0.1, 0.15) is 17.8 Å². The molecule has 39 heavy (non-hydrogen) atoms. The van der Waals surface area contributed by atoms with Crippen molar-refractivity contribution in [2.75, 3.05) is 18.1 Å². The fraction of sp³-hybridized carbons (Fsp3) is 0.429. The molecule has 2 aromatic rings. The lowest BCUT2D eigenvalue weighted by molar-refractivity contribution is -0.142. The summed E-state index contributed by atoms with van der Waals surface area (Å²) in [6.45, 7) is 4.05. The molecule has 3 atom stereocenters. The number of thioether (sulfide) groups is 1. The molecule has 0 unspecified atom stereocenters. The Labute approximate surface area is 233 Å². The summed E-state index contributed by atoms with van der Waals surface area (Å²) in [5.74, 6) is -1.65. The second kappa shape index (κ2) is 16.4. The second-order valence-electron chi connectivity index (χ2n) is 9.66. The maximum Gasteiger partial charge on any atom is 0.326 e. The molecule has 0 aromatic heterocycles. The van der Waals surface area contributed by atoms with E-state index in [1.54, 1.807) is 12.1 Å². The third kappa shape index (κ3) is 12.2. The number of carboxylic acid groups (broad SMARTS) is 1. The van der Waals surface area contributed by atoms with Crippen LogP contribution in [-0.4, -0.2) is 70.1 Å². The Morgan fingerprint density at radius 1 is 0.872 bits per heavy atom. The summed E-state index contributed by atoms with van der Waals surface area (Å²) >= 11 is 1.29. The fourth-order valence-electron chi connectivity index (χ4n) is 3.78. The molecule has 2 aromatic carbocycles. The first-order valence-corrected chi connectivity index (χ1v) is 14.0. The largest absolute Gasteiger partial charge is 0.508 e. The van der Waals surface area contributed by atoms with Gasteiger partial charge >= 0.3 is 5.97 Å². The molecule has 0 aliphatic rings. The molecule has 3 amide bonds. The van der Waals surface area contributed by atoms with Crippen LogP contribution in [0.3, 0.4) is 0 Å². The number of carbonyl (C=O) groups is 4. The van der Waals surface area contributed by atoms with Gasteiger partial charge in [0.25, 0.3) is 0 Å². The molecule has 11 heteroatoms. The van der Waals surface area contributed by atoms with Gasteiger partial charge in [-0.1, -0.05) is 56.3 Å². The molecule has 0 fully saturated rings. The van der Waals surface area contributed by atoms with Crippen LogP contribution in [0.2, 0.25) is 0 Å². The molecule has 0 saturated heterocycles. The van der Waals surface area contributed by atoms with E-state index in [1.807, 2.05) is 44.2 Å². The third-order valence-corrected chi connectivity index (χ3v) is 6.72. The third-order valence-electron chi connectivity index (χ3n) is 5.76. The zero-order chi connectivity index (χ0) is 28.8. The smallest absolute Gasteiger partial charge is 0.326 e. The number of amides is 3. The zero-order valence-electron chi connectivity index (χ0n) is 22.3. The van der Waals surface area contributed by atoms with Gasteiger partial charge in [0.05, 0.1) is 11.8 Å². The van der Waals surface area contributed by atoms with E-state index in [2.05, 4.69) is 16.0 Å². The average Bonchev–Trinajstić information content (AvgIpc) is 2.89. The van der Waals surface area contributed by atoms with Crippen molar-refractivity contribution in [1.29, 1.82) is 0 Å². The molecule has 212 valence electrons. The van der Waals surface area contributed by atoms with E-state index in [4.69, 9.17) is 5.73 Å². The number of phenolic OH excluding ortho intramolecular Hbond substituents is 1. The first-order chi connectivity index (χ1) is 18.5. The summed E-state index contributed by atoms with van der Waals surface area (Å²) in [4.78, 5) is 49.5. The van der Waals surface area contributed by atoms with E-state index in [9.17, 15) is 29.4 Å². The Balaban J connectivity index is 1.82. The van der Waals surface area contributed by atoms with Gasteiger partial charge in [-0.3, -0.25) is 14.4 Å². The Kier molecular flexibility index (Phi) is 13.3. The number of aromatic hydroxyl groups is 1. The highest BCUT2D eigenvalue weighted by atomic mass is 32.2. The maximum atomic E-state index is 13.0. The number of carbonyl (C=O) groups excluding carboxylic acids is 3. The average molecular weight is 559 g/mol. The highest BCUT2D eigenvalue weighted by Gasteiger charge is 2.27. The van der Waals surface area contributed by atoms with Crippen molar-refractivity contribution in [3.05, 3.63) is 65.7 Å². The van der Waals surface area contributed by atoms with Gasteiger partial charge in [0.2, 0.25) is 17.7 Å². The van der Waals surface area contributed by atoms with Gasteiger partial charge in [-0.2, -0.15) is 11.8 Å². The van der Waals surface area contributed by atoms with Crippen molar-refractivity contribution < 1.29 is 29.4 Å². The van der Waals surface area contributed by atoms with Gasteiger partial charge in [0, 0.05) is 18.7 Å². The Morgan fingerprint density at radius 2 is 1.51 bits per heavy atom. The Morgan fingerprint density at radius 3 is 2.13 bits per heavy atom. The van der Waals surface area contributed by atoms with Gasteiger partial charge in [0.15, 0.2) is 0 Å². The number of hydrogen-bond donors (Lipinski definition) is 6. The minimum atomic E-state index is -1.12. The van der Waals surface area contributed by atoms with E-state index in [0.717, 1.165) is 11.1 Å². The number of carboxylic acids is 1. The van der Waals surface area contributed by atoms with Crippen molar-refractivity contribution in [1.82, 2.24) is 16.0 Å². The number of nitrogens with two attached hydrogens (primary N) is 1. The van der Waals surface area contributed by atoms with Crippen LogP contribution in [0.25, 0.3) is 0 Å². The van der Waals surface area contributed by atoms with Crippen molar-refractivity contribution in [2.24, 2.45) is 11.7 Å². The monoisotopic (exact) mass is 558 g/mol. The van der Waals surface area contributed by atoms with Gasteiger partial charge in [-0.15, -0.1) is 0 Å². The Bertz CT molecular complexity index is 1080. The maximum absolute atomic E-state index is 13.0. The van der Waals surface area contributed by atoms with E-state index >= 15 is 0 Å². The summed E-state index contributed by atoms with van der Waals surface area (Å²) in [7, 11) is 0. The highest BCUT2D eigenvalue weighted by Crippen LogP contribution is 2.11. The first-order valence-electron chi connectivity index (χ1n) is 12.8. The first kappa shape index (κ1) is 31.6. The van der Waals surface area contributed by atoms with Gasteiger partial charge in [-0.25, -0.2) is 4.79 Å². The summed E-state index contributed by atoms with van der Waals surface area (Å²) in [6, 6.07) is 12.9. The van der Waals surface area contributed by atoms with E-state index in [-0.39, 0.29) is 42.1 Å². The minimum absolute atomic E-state index is 0.0579. The van der Waals surface area contributed by atoms with Crippen molar-refractivity contribution in [3.8, 4) is 5.75 Å². The van der Waals surface area contributed by atoms with Gasteiger partial charge in [-0.05, 0) is 42.0 Å². The van der Waals surface area contributed by atoms with E-state index in [1.165, 1.54) is 23.9 Å². The minimum Gasteiger partial charge on any atom is -0.508 e. The molecule has 0 spiro atoms. The van der Waals surface area contributed by atoms with Crippen LogP contribution in [0.15, 0.2) is 54.6 Å². The predicted octanol–water partition coefficient (Wildman–Crippen LogP) is 1.45.